The van der Waals surface area contributed by atoms with Crippen LogP contribution < -0.4 is 4.31 Å². The third-order valence-electron chi connectivity index (χ3n) is 2.06. The van der Waals surface area contributed by atoms with Gasteiger partial charge >= 0.3 is 0 Å². The van der Waals surface area contributed by atoms with Crippen molar-refractivity contribution in [3.8, 4) is 0 Å². The fraction of sp³-hybridized carbons (Fsp3) is 0.222. The standard InChI is InChI=1S/C9H7Cl2NO3S/c1-5-9(13)12(16(14)15-5)6-2-3-7(10)8(11)4-6/h2-5H,1H3/t5-,16?/m0/s1. The predicted octanol–water partition coefficient (Wildman–Crippen LogP) is 2.32. The lowest BCUT2D eigenvalue weighted by atomic mass is 10.3. The van der Waals surface area contributed by atoms with E-state index in [4.69, 9.17) is 27.4 Å². The summed E-state index contributed by atoms with van der Waals surface area (Å²) in [6, 6.07) is 4.57. The van der Waals surface area contributed by atoms with E-state index in [-0.39, 0.29) is 5.91 Å². The smallest absolute Gasteiger partial charge is 0.270 e. The molecule has 1 unspecified atom stereocenters. The van der Waals surface area contributed by atoms with Crippen molar-refractivity contribution in [2.75, 3.05) is 4.31 Å². The van der Waals surface area contributed by atoms with Gasteiger partial charge in [-0.1, -0.05) is 23.2 Å². The Morgan fingerprint density at radius 3 is 2.56 bits per heavy atom. The number of amides is 1. The largest absolute Gasteiger partial charge is 0.272 e. The van der Waals surface area contributed by atoms with Gasteiger partial charge < -0.3 is 0 Å². The van der Waals surface area contributed by atoms with Crippen molar-refractivity contribution < 1.29 is 13.2 Å². The van der Waals surface area contributed by atoms with Gasteiger partial charge in [-0.3, -0.25) is 8.98 Å². The fourth-order valence-corrected chi connectivity index (χ4v) is 2.56. The van der Waals surface area contributed by atoms with Crippen LogP contribution >= 0.6 is 23.2 Å². The molecule has 1 aromatic rings. The molecular formula is C9H7Cl2NO3S. The molecule has 0 saturated carbocycles. The average Bonchev–Trinajstić information content (AvgIpc) is 2.47. The van der Waals surface area contributed by atoms with Crippen LogP contribution in [0.2, 0.25) is 10.0 Å². The van der Waals surface area contributed by atoms with Gasteiger partial charge in [0.25, 0.3) is 17.2 Å². The minimum Gasteiger partial charge on any atom is -0.270 e. The van der Waals surface area contributed by atoms with Crippen molar-refractivity contribution in [3.63, 3.8) is 0 Å². The molecule has 16 heavy (non-hydrogen) atoms. The van der Waals surface area contributed by atoms with E-state index in [1.807, 2.05) is 0 Å². The fourth-order valence-electron chi connectivity index (χ4n) is 1.27. The molecule has 2 atom stereocenters. The zero-order valence-electron chi connectivity index (χ0n) is 8.15. The lowest BCUT2D eigenvalue weighted by Crippen LogP contribution is -2.28. The Morgan fingerprint density at radius 2 is 2.06 bits per heavy atom. The molecule has 0 aromatic heterocycles. The van der Waals surface area contributed by atoms with E-state index in [9.17, 15) is 9.00 Å². The summed E-state index contributed by atoms with van der Waals surface area (Å²) in [7, 11) is 0. The molecule has 1 aromatic carbocycles. The zero-order valence-corrected chi connectivity index (χ0v) is 10.5. The lowest BCUT2D eigenvalue weighted by molar-refractivity contribution is -0.121. The molecule has 1 aliphatic rings. The third kappa shape index (κ3) is 1.96. The molecule has 0 radical (unpaired) electrons. The number of carbonyl (C=O) groups is 1. The summed E-state index contributed by atoms with van der Waals surface area (Å²) in [4.78, 5) is 11.6. The number of hydrogen-bond donors (Lipinski definition) is 0. The van der Waals surface area contributed by atoms with Gasteiger partial charge in [0.05, 0.1) is 15.7 Å². The van der Waals surface area contributed by atoms with E-state index in [2.05, 4.69) is 0 Å². The van der Waals surface area contributed by atoms with Crippen molar-refractivity contribution in [2.24, 2.45) is 0 Å². The molecule has 0 bridgehead atoms. The summed E-state index contributed by atoms with van der Waals surface area (Å²) < 4.78 is 17.4. The van der Waals surface area contributed by atoms with Crippen molar-refractivity contribution in [3.05, 3.63) is 28.2 Å². The topological polar surface area (TPSA) is 46.6 Å². The van der Waals surface area contributed by atoms with Gasteiger partial charge in [-0.05, 0) is 25.1 Å². The maximum atomic E-state index is 11.6. The van der Waals surface area contributed by atoms with E-state index >= 15 is 0 Å². The Balaban J connectivity index is 2.41. The van der Waals surface area contributed by atoms with Gasteiger partial charge in [0.1, 0.15) is 0 Å². The molecule has 86 valence electrons. The van der Waals surface area contributed by atoms with Crippen LogP contribution in [0.1, 0.15) is 6.92 Å². The van der Waals surface area contributed by atoms with Gasteiger partial charge in [0.15, 0.2) is 6.10 Å². The minimum absolute atomic E-state index is 0.295. The van der Waals surface area contributed by atoms with Crippen LogP contribution in [-0.2, 0) is 20.2 Å². The quantitative estimate of drug-likeness (QED) is 0.793. The van der Waals surface area contributed by atoms with Gasteiger partial charge in [-0.15, -0.1) is 0 Å². The van der Waals surface area contributed by atoms with Crippen molar-refractivity contribution >= 4 is 46.1 Å². The van der Waals surface area contributed by atoms with Gasteiger partial charge in [0, 0.05) is 0 Å². The molecule has 1 amide bonds. The summed E-state index contributed by atoms with van der Waals surface area (Å²) >= 11 is 9.76. The second-order valence-corrected chi connectivity index (χ2v) is 4.99. The first-order valence-corrected chi connectivity index (χ1v) is 6.17. The van der Waals surface area contributed by atoms with Crippen molar-refractivity contribution in [1.29, 1.82) is 0 Å². The lowest BCUT2D eigenvalue weighted by Gasteiger charge is -2.12. The molecule has 1 heterocycles. The van der Waals surface area contributed by atoms with Crippen LogP contribution in [0.5, 0.6) is 0 Å². The highest BCUT2D eigenvalue weighted by Gasteiger charge is 2.37. The van der Waals surface area contributed by atoms with Crippen LogP contribution in [0.15, 0.2) is 18.2 Å². The average molecular weight is 280 g/mol. The SMILES string of the molecule is C[C@@H]1OS(=O)N(c2ccc(Cl)c(Cl)c2)C1=O. The third-order valence-corrected chi connectivity index (χ3v) is 3.94. The van der Waals surface area contributed by atoms with Gasteiger partial charge in [-0.25, -0.2) is 8.51 Å². The number of rotatable bonds is 1. The number of anilines is 1. The summed E-state index contributed by atoms with van der Waals surface area (Å²) in [6.07, 6.45) is -0.713. The number of carbonyl (C=O) groups excluding carboxylic acids is 1. The Bertz CT molecular complexity index is 480. The predicted molar refractivity (Wildman–Crippen MR) is 62.6 cm³/mol. The summed E-state index contributed by atoms with van der Waals surface area (Å²) in [5, 5.41) is 0.667. The van der Waals surface area contributed by atoms with E-state index in [0.29, 0.717) is 15.7 Å². The first kappa shape index (κ1) is 11.9. The molecule has 7 heteroatoms. The molecule has 1 aliphatic heterocycles. The van der Waals surface area contributed by atoms with Crippen LogP contribution in [0, 0.1) is 0 Å². The molecule has 1 saturated heterocycles. The van der Waals surface area contributed by atoms with E-state index in [1.54, 1.807) is 6.07 Å². The summed E-state index contributed by atoms with van der Waals surface area (Å²) in [6.45, 7) is 1.54. The second kappa shape index (κ2) is 4.33. The molecule has 2 rings (SSSR count). The number of nitrogens with zero attached hydrogens (tertiary/aromatic N) is 1. The van der Waals surface area contributed by atoms with Crippen LogP contribution in [0.3, 0.4) is 0 Å². The number of halogens is 2. The van der Waals surface area contributed by atoms with Gasteiger partial charge in [-0.2, -0.15) is 0 Å². The normalized spacial score (nSPS) is 25.2. The van der Waals surface area contributed by atoms with Crippen LogP contribution in [0.4, 0.5) is 5.69 Å². The highest BCUT2D eigenvalue weighted by atomic mass is 35.5. The summed E-state index contributed by atoms with van der Waals surface area (Å²) in [5.41, 5.74) is 0.405. The Kier molecular flexibility index (Phi) is 3.21. The summed E-state index contributed by atoms with van der Waals surface area (Å²) in [5.74, 6) is -0.364. The first-order chi connectivity index (χ1) is 7.50. The van der Waals surface area contributed by atoms with Crippen LogP contribution in [0.25, 0.3) is 0 Å². The molecule has 1 fully saturated rings. The van der Waals surface area contributed by atoms with Crippen LogP contribution in [-0.4, -0.2) is 16.2 Å². The highest BCUT2D eigenvalue weighted by Crippen LogP contribution is 2.30. The van der Waals surface area contributed by atoms with Crippen molar-refractivity contribution in [2.45, 2.75) is 13.0 Å². The minimum atomic E-state index is -1.80. The number of hydrogen-bond acceptors (Lipinski definition) is 3. The molecular weight excluding hydrogens is 273 g/mol. The zero-order chi connectivity index (χ0) is 11.9. The maximum absolute atomic E-state index is 11.6. The first-order valence-electron chi connectivity index (χ1n) is 4.38. The molecule has 0 spiro atoms. The Hall–Kier alpha value is -0.620. The second-order valence-electron chi connectivity index (χ2n) is 3.19. The monoisotopic (exact) mass is 279 g/mol. The number of benzene rings is 1. The van der Waals surface area contributed by atoms with E-state index in [0.717, 1.165) is 4.31 Å². The maximum Gasteiger partial charge on any atom is 0.272 e. The Morgan fingerprint density at radius 1 is 1.38 bits per heavy atom. The molecule has 4 nitrogen and oxygen atoms in total. The van der Waals surface area contributed by atoms with E-state index in [1.165, 1.54) is 19.1 Å². The van der Waals surface area contributed by atoms with E-state index < -0.39 is 17.4 Å². The highest BCUT2D eigenvalue weighted by molar-refractivity contribution is 7.83. The van der Waals surface area contributed by atoms with Gasteiger partial charge in [0.2, 0.25) is 0 Å². The molecule has 0 aliphatic carbocycles. The Labute approximate surface area is 105 Å². The van der Waals surface area contributed by atoms with Crippen molar-refractivity contribution in [1.82, 2.24) is 0 Å². The molecule has 0 N–H and O–H groups in total.